The summed E-state index contributed by atoms with van der Waals surface area (Å²) in [5, 5.41) is 3.32. The maximum atomic E-state index is 12.8. The third-order valence-electron chi connectivity index (χ3n) is 5.51. The summed E-state index contributed by atoms with van der Waals surface area (Å²) in [4.78, 5) is 39.4. The molecule has 2 fully saturated rings. The molecular formula is C19H24N2O4. The number of aryl methyl sites for hydroxylation is 1. The molecule has 1 N–H and O–H groups in total. The van der Waals surface area contributed by atoms with Crippen LogP contribution in [0.3, 0.4) is 0 Å². The van der Waals surface area contributed by atoms with Gasteiger partial charge < -0.3 is 4.74 Å². The molecule has 1 aromatic carbocycles. The summed E-state index contributed by atoms with van der Waals surface area (Å²) < 4.78 is 5.27. The van der Waals surface area contributed by atoms with Crippen molar-refractivity contribution in [3.8, 4) is 0 Å². The number of hydrogen-bond donors (Lipinski definition) is 1. The van der Waals surface area contributed by atoms with Crippen LogP contribution in [0, 0.1) is 18.8 Å². The van der Waals surface area contributed by atoms with Crippen LogP contribution in [-0.4, -0.2) is 41.9 Å². The summed E-state index contributed by atoms with van der Waals surface area (Å²) in [5.41, 5.74) is 0.835. The molecular weight excluding hydrogens is 320 g/mol. The predicted molar refractivity (Wildman–Crippen MR) is 91.5 cm³/mol. The Morgan fingerprint density at radius 1 is 1.20 bits per heavy atom. The number of likely N-dealkylation sites (tertiary alicyclic amines) is 1. The van der Waals surface area contributed by atoms with Crippen molar-refractivity contribution in [1.29, 1.82) is 0 Å². The molecule has 6 nitrogen and oxygen atoms in total. The van der Waals surface area contributed by atoms with Gasteiger partial charge in [0.1, 0.15) is 5.54 Å². The number of ether oxygens (including phenoxy) is 1. The molecule has 0 aliphatic carbocycles. The van der Waals surface area contributed by atoms with Gasteiger partial charge in [0, 0.05) is 13.1 Å². The third-order valence-corrected chi connectivity index (χ3v) is 5.51. The van der Waals surface area contributed by atoms with Crippen LogP contribution in [0.15, 0.2) is 24.3 Å². The fraction of sp³-hybridized carbons (Fsp3) is 0.526. The number of hydrogen-bond acceptors (Lipinski definition) is 5. The van der Waals surface area contributed by atoms with Crippen molar-refractivity contribution in [2.45, 2.75) is 38.8 Å². The van der Waals surface area contributed by atoms with E-state index in [1.54, 1.807) is 6.92 Å². The van der Waals surface area contributed by atoms with Gasteiger partial charge >= 0.3 is 5.97 Å². The molecule has 0 bridgehead atoms. The van der Waals surface area contributed by atoms with Gasteiger partial charge in [-0.2, -0.15) is 0 Å². The van der Waals surface area contributed by atoms with E-state index >= 15 is 0 Å². The lowest BCUT2D eigenvalue weighted by Crippen LogP contribution is -2.55. The highest BCUT2D eigenvalue weighted by molar-refractivity contribution is 6.09. The monoisotopic (exact) mass is 344 g/mol. The smallest absolute Gasteiger partial charge is 0.327 e. The van der Waals surface area contributed by atoms with Crippen LogP contribution in [0.25, 0.3) is 0 Å². The molecule has 4 atom stereocenters. The summed E-state index contributed by atoms with van der Waals surface area (Å²) in [7, 11) is 1.49. The molecule has 25 heavy (non-hydrogen) atoms. The zero-order valence-corrected chi connectivity index (χ0v) is 15.0. The second kappa shape index (κ2) is 6.26. The minimum absolute atomic E-state index is 0.229. The topological polar surface area (TPSA) is 75.7 Å². The molecule has 1 aromatic rings. The Kier molecular flexibility index (Phi) is 4.41. The quantitative estimate of drug-likeness (QED) is 0.663. The zero-order valence-electron chi connectivity index (χ0n) is 15.0. The van der Waals surface area contributed by atoms with Gasteiger partial charge in [-0.05, 0) is 25.8 Å². The minimum Gasteiger partial charge on any atom is -0.465 e. The molecule has 134 valence electrons. The summed E-state index contributed by atoms with van der Waals surface area (Å²) in [5.74, 6) is -2.34. The fourth-order valence-electron chi connectivity index (χ4n) is 4.12. The Balaban J connectivity index is 2.10. The number of rotatable bonds is 4. The van der Waals surface area contributed by atoms with E-state index in [1.807, 2.05) is 38.1 Å². The van der Waals surface area contributed by atoms with Crippen molar-refractivity contribution in [3.63, 3.8) is 0 Å². The molecule has 2 heterocycles. The molecule has 2 aliphatic heterocycles. The largest absolute Gasteiger partial charge is 0.465 e. The summed E-state index contributed by atoms with van der Waals surface area (Å²) in [6, 6.07) is 7.42. The zero-order chi connectivity index (χ0) is 18.4. The second-order valence-electron chi connectivity index (χ2n) is 6.82. The highest BCUT2D eigenvalue weighted by Crippen LogP contribution is 2.50. The highest BCUT2D eigenvalue weighted by atomic mass is 16.5. The number of benzene rings is 1. The lowest BCUT2D eigenvalue weighted by Gasteiger charge is -2.31. The van der Waals surface area contributed by atoms with Crippen LogP contribution >= 0.6 is 0 Å². The molecule has 2 amide bonds. The summed E-state index contributed by atoms with van der Waals surface area (Å²) in [6.07, 6.45) is 0.377. The van der Waals surface area contributed by atoms with E-state index < -0.39 is 29.4 Å². The first-order valence-corrected chi connectivity index (χ1v) is 8.70. The van der Waals surface area contributed by atoms with E-state index in [-0.39, 0.29) is 18.4 Å². The van der Waals surface area contributed by atoms with Crippen molar-refractivity contribution < 1.29 is 19.1 Å². The standard InChI is InChI=1S/C19H24N2O4/c1-5-19(18(24)25-6-2)14-13(16(22)21(4)17(14)23)15(20-19)12-9-7-11(3)8-10-12/h7-10,13-15,20H,5-6H2,1-4H3/t13-,14+,15-,19-/m0/s1. The van der Waals surface area contributed by atoms with Crippen molar-refractivity contribution in [2.75, 3.05) is 13.7 Å². The first kappa shape index (κ1) is 17.6. The Bertz CT molecular complexity index is 715. The maximum absolute atomic E-state index is 12.8. The Morgan fingerprint density at radius 3 is 2.40 bits per heavy atom. The fourth-order valence-corrected chi connectivity index (χ4v) is 4.12. The van der Waals surface area contributed by atoms with E-state index in [9.17, 15) is 14.4 Å². The van der Waals surface area contributed by atoms with Crippen LogP contribution in [0.1, 0.15) is 37.4 Å². The Labute approximate surface area is 147 Å². The lowest BCUT2D eigenvalue weighted by molar-refractivity contribution is -0.156. The Hall–Kier alpha value is -2.21. The van der Waals surface area contributed by atoms with Crippen molar-refractivity contribution in [2.24, 2.45) is 11.8 Å². The van der Waals surface area contributed by atoms with Gasteiger partial charge in [0.05, 0.1) is 18.4 Å². The molecule has 2 saturated heterocycles. The van der Waals surface area contributed by atoms with Crippen LogP contribution in [-0.2, 0) is 19.1 Å². The van der Waals surface area contributed by atoms with Gasteiger partial charge in [0.2, 0.25) is 11.8 Å². The molecule has 0 unspecified atom stereocenters. The van der Waals surface area contributed by atoms with E-state index in [0.29, 0.717) is 6.42 Å². The molecule has 0 saturated carbocycles. The van der Waals surface area contributed by atoms with Gasteiger partial charge in [-0.3, -0.25) is 24.6 Å². The second-order valence-corrected chi connectivity index (χ2v) is 6.82. The van der Waals surface area contributed by atoms with Crippen LogP contribution in [0.4, 0.5) is 0 Å². The molecule has 2 aliphatic rings. The van der Waals surface area contributed by atoms with E-state index in [4.69, 9.17) is 4.74 Å². The van der Waals surface area contributed by atoms with Gasteiger partial charge in [-0.1, -0.05) is 36.8 Å². The third kappa shape index (κ3) is 2.47. The maximum Gasteiger partial charge on any atom is 0.327 e. The number of nitrogens with zero attached hydrogens (tertiary/aromatic N) is 1. The van der Waals surface area contributed by atoms with Gasteiger partial charge in [-0.15, -0.1) is 0 Å². The highest BCUT2D eigenvalue weighted by Gasteiger charge is 2.67. The number of imide groups is 1. The number of amides is 2. The average Bonchev–Trinajstić information content (AvgIpc) is 3.06. The van der Waals surface area contributed by atoms with Crippen molar-refractivity contribution >= 4 is 17.8 Å². The number of nitrogens with one attached hydrogen (secondary N) is 1. The number of fused-ring (bicyclic) bond motifs is 1. The minimum atomic E-state index is -1.17. The van der Waals surface area contributed by atoms with Crippen molar-refractivity contribution in [1.82, 2.24) is 10.2 Å². The lowest BCUT2D eigenvalue weighted by atomic mass is 9.78. The van der Waals surface area contributed by atoms with E-state index in [1.165, 1.54) is 7.05 Å². The van der Waals surface area contributed by atoms with Crippen molar-refractivity contribution in [3.05, 3.63) is 35.4 Å². The predicted octanol–water partition coefficient (Wildman–Crippen LogP) is 1.58. The Morgan fingerprint density at radius 2 is 1.84 bits per heavy atom. The van der Waals surface area contributed by atoms with Gasteiger partial charge in [0.25, 0.3) is 0 Å². The van der Waals surface area contributed by atoms with Crippen LogP contribution in [0.2, 0.25) is 0 Å². The van der Waals surface area contributed by atoms with E-state index in [2.05, 4.69) is 5.32 Å². The average molecular weight is 344 g/mol. The molecule has 0 radical (unpaired) electrons. The number of esters is 1. The number of carbonyl (C=O) groups excluding carboxylic acids is 3. The normalized spacial score (nSPS) is 31.4. The summed E-state index contributed by atoms with van der Waals surface area (Å²) in [6.45, 7) is 5.79. The summed E-state index contributed by atoms with van der Waals surface area (Å²) >= 11 is 0. The number of carbonyl (C=O) groups is 3. The van der Waals surface area contributed by atoms with E-state index in [0.717, 1.165) is 16.0 Å². The molecule has 0 aromatic heterocycles. The van der Waals surface area contributed by atoms with Crippen LogP contribution < -0.4 is 5.32 Å². The van der Waals surface area contributed by atoms with Crippen LogP contribution in [0.5, 0.6) is 0 Å². The first-order valence-electron chi connectivity index (χ1n) is 8.70. The molecule has 0 spiro atoms. The molecule has 6 heteroatoms. The first-order chi connectivity index (χ1) is 11.9. The molecule has 3 rings (SSSR count). The SMILES string of the molecule is CCOC(=O)[C@@]1(CC)N[C@@H](c2ccc(C)cc2)[C@H]2C(=O)N(C)C(=O)[C@@H]21. The van der Waals surface area contributed by atoms with Gasteiger partial charge in [-0.25, -0.2) is 0 Å². The van der Waals surface area contributed by atoms with Gasteiger partial charge in [0.15, 0.2) is 0 Å².